The molecule has 0 radical (unpaired) electrons. The highest BCUT2D eigenvalue weighted by Gasteiger charge is 2.23. The first-order valence-electron chi connectivity index (χ1n) is 9.46. The summed E-state index contributed by atoms with van der Waals surface area (Å²) in [5.41, 5.74) is 1.62. The molecule has 0 fully saturated rings. The summed E-state index contributed by atoms with van der Waals surface area (Å²) < 4.78 is 8.37. The smallest absolute Gasteiger partial charge is 0.403 e. The Morgan fingerprint density at radius 2 is 1.68 bits per heavy atom. The molecule has 0 atom stereocenters. The zero-order valence-electron chi connectivity index (χ0n) is 18.0. The van der Waals surface area contributed by atoms with Crippen LogP contribution in [-0.4, -0.2) is 52.3 Å². The summed E-state index contributed by atoms with van der Waals surface area (Å²) in [5.74, 6) is -0.250. The lowest BCUT2D eigenvalue weighted by molar-refractivity contribution is -0.890. The number of benzene rings is 1. The second-order valence-corrected chi connectivity index (χ2v) is 14.6. The van der Waals surface area contributed by atoms with Gasteiger partial charge in [-0.3, -0.25) is 0 Å². The number of aryl methyl sites for hydroxylation is 1. The van der Waals surface area contributed by atoms with Crippen molar-refractivity contribution < 1.29 is 66.5 Å². The number of likely N-dealkylation sites (N-methyl/N-ethyl adjacent to an activating group) is 1. The van der Waals surface area contributed by atoms with E-state index in [0.29, 0.717) is 12.3 Å². The van der Waals surface area contributed by atoms with Crippen LogP contribution in [0.25, 0.3) is 10.9 Å². The Hall–Kier alpha value is -0.263. The molecule has 0 N–H and O–H groups in total. The molecular formula is C21H34I2N2O2Si. The molecule has 1 heterocycles. The van der Waals surface area contributed by atoms with Crippen molar-refractivity contribution in [2.24, 2.45) is 7.05 Å². The van der Waals surface area contributed by atoms with Crippen LogP contribution >= 0.6 is 0 Å². The summed E-state index contributed by atoms with van der Waals surface area (Å²) >= 11 is 0. The summed E-state index contributed by atoms with van der Waals surface area (Å²) in [6, 6.07) is 13.2. The molecule has 0 saturated heterocycles. The largest absolute Gasteiger partial charge is 1.00 e. The predicted molar refractivity (Wildman–Crippen MR) is 110 cm³/mol. The van der Waals surface area contributed by atoms with Crippen molar-refractivity contribution >= 4 is 24.9 Å². The minimum atomic E-state index is -0.977. The van der Waals surface area contributed by atoms with Crippen LogP contribution in [-0.2, 0) is 11.8 Å². The lowest BCUT2D eigenvalue weighted by atomic mass is 10.2. The topological polar surface area (TPSA) is 30.2 Å². The minimum Gasteiger partial charge on any atom is -1.00 e. The number of quaternary nitrogens is 1. The average Bonchev–Trinajstić information content (AvgIpc) is 2.53. The molecule has 0 amide bonds. The second kappa shape index (κ2) is 11.8. The van der Waals surface area contributed by atoms with Gasteiger partial charge >= 0.3 is 5.97 Å². The standard InChI is InChI=1S/C21H34N2O2Si.2HI/c1-22-19-11-8-7-10-18(19)12-13-20(22)21(24)25-16-15-23(2,3)14-9-17-26(4,5)6;;/h7-8,10-13H,9,14-17H2,1-6H3;2*1H/q+2;;/p-2. The quantitative estimate of drug-likeness (QED) is 0.108. The third-order valence-corrected chi connectivity index (χ3v) is 6.76. The number of aromatic nitrogens is 1. The van der Waals surface area contributed by atoms with Gasteiger partial charge in [0.05, 0.1) is 20.6 Å². The molecule has 0 saturated carbocycles. The predicted octanol–water partition coefficient (Wildman–Crippen LogP) is -2.37. The van der Waals surface area contributed by atoms with Gasteiger partial charge in [0.15, 0.2) is 0 Å². The Morgan fingerprint density at radius 1 is 1.04 bits per heavy atom. The third-order valence-electron chi connectivity index (χ3n) is 4.91. The van der Waals surface area contributed by atoms with E-state index in [2.05, 4.69) is 33.7 Å². The number of ether oxygens (including phenoxy) is 1. The second-order valence-electron chi connectivity index (χ2n) is 9.02. The highest BCUT2D eigenvalue weighted by Crippen LogP contribution is 2.13. The first-order valence-corrected chi connectivity index (χ1v) is 13.2. The van der Waals surface area contributed by atoms with Gasteiger partial charge in [0.25, 0.3) is 5.69 Å². The molecule has 158 valence electrons. The number of rotatable bonds is 8. The molecule has 1 aromatic heterocycles. The Balaban J connectivity index is 0.00000364. The maximum absolute atomic E-state index is 12.5. The van der Waals surface area contributed by atoms with E-state index in [9.17, 15) is 4.79 Å². The van der Waals surface area contributed by atoms with Crippen molar-refractivity contribution in [2.75, 3.05) is 33.8 Å². The van der Waals surface area contributed by atoms with Gasteiger partial charge in [0, 0.05) is 25.6 Å². The number of para-hydroxylation sites is 1. The van der Waals surface area contributed by atoms with Crippen LogP contribution in [0.1, 0.15) is 16.9 Å². The first-order chi connectivity index (χ1) is 12.1. The van der Waals surface area contributed by atoms with E-state index in [-0.39, 0.29) is 53.9 Å². The molecule has 2 aromatic rings. The first kappa shape index (κ1) is 27.7. The summed E-state index contributed by atoms with van der Waals surface area (Å²) in [6.45, 7) is 9.67. The van der Waals surface area contributed by atoms with E-state index >= 15 is 0 Å². The SMILES string of the molecule is C[n+]1c(C(=O)OCC[N+](C)(C)CCC[Si](C)(C)C)ccc2ccccc21.[I-].[I-]. The highest BCUT2D eigenvalue weighted by molar-refractivity contribution is 6.76. The van der Waals surface area contributed by atoms with Crippen LogP contribution in [0.3, 0.4) is 0 Å². The van der Waals surface area contributed by atoms with Crippen molar-refractivity contribution in [1.82, 2.24) is 0 Å². The van der Waals surface area contributed by atoms with Gasteiger partial charge in [0.1, 0.15) is 20.2 Å². The Kier molecular flexibility index (Phi) is 11.7. The normalized spacial score (nSPS) is 11.5. The van der Waals surface area contributed by atoms with Gasteiger partial charge in [-0.25, -0.2) is 4.79 Å². The molecule has 4 nitrogen and oxygen atoms in total. The van der Waals surface area contributed by atoms with E-state index in [1.54, 1.807) is 0 Å². The molecule has 0 spiro atoms. The molecule has 28 heavy (non-hydrogen) atoms. The van der Waals surface area contributed by atoms with Crippen LogP contribution in [0.15, 0.2) is 36.4 Å². The van der Waals surface area contributed by atoms with Gasteiger partial charge in [-0.05, 0) is 18.6 Å². The maximum Gasteiger partial charge on any atom is 0.403 e. The van der Waals surface area contributed by atoms with Crippen LogP contribution in [0.5, 0.6) is 0 Å². The molecule has 0 bridgehead atoms. The molecule has 1 aromatic carbocycles. The van der Waals surface area contributed by atoms with E-state index in [4.69, 9.17) is 4.74 Å². The zero-order valence-corrected chi connectivity index (χ0v) is 23.3. The number of hydrogen-bond acceptors (Lipinski definition) is 2. The number of carbonyl (C=O) groups excluding carboxylic acids is 1. The summed E-state index contributed by atoms with van der Waals surface area (Å²) in [6.07, 6.45) is 1.25. The number of hydrogen-bond donors (Lipinski definition) is 0. The molecule has 0 aliphatic heterocycles. The summed E-state index contributed by atoms with van der Waals surface area (Å²) in [5, 5.41) is 1.12. The molecule has 0 unspecified atom stereocenters. The van der Waals surface area contributed by atoms with Crippen molar-refractivity contribution in [1.29, 1.82) is 0 Å². The minimum absolute atomic E-state index is 0. The third kappa shape index (κ3) is 8.62. The van der Waals surface area contributed by atoms with E-state index in [1.165, 1.54) is 12.5 Å². The number of esters is 1. The number of carbonyl (C=O) groups is 1. The lowest BCUT2D eigenvalue weighted by Gasteiger charge is -2.30. The molecule has 7 heteroatoms. The zero-order chi connectivity index (χ0) is 19.4. The van der Waals surface area contributed by atoms with Crippen LogP contribution in [0.4, 0.5) is 0 Å². The van der Waals surface area contributed by atoms with Crippen molar-refractivity contribution in [3.8, 4) is 0 Å². The highest BCUT2D eigenvalue weighted by atomic mass is 127. The average molecular weight is 628 g/mol. The molecular weight excluding hydrogens is 594 g/mol. The molecule has 0 aliphatic rings. The van der Waals surface area contributed by atoms with Gasteiger partial charge in [-0.2, -0.15) is 4.57 Å². The maximum atomic E-state index is 12.5. The van der Waals surface area contributed by atoms with Crippen LogP contribution in [0.2, 0.25) is 25.7 Å². The number of fused-ring (bicyclic) bond motifs is 1. The van der Waals surface area contributed by atoms with Crippen molar-refractivity contribution in [3.63, 3.8) is 0 Å². The fourth-order valence-corrected chi connectivity index (χ4v) is 4.38. The Morgan fingerprint density at radius 3 is 2.32 bits per heavy atom. The Bertz CT molecular complexity index is 777. The van der Waals surface area contributed by atoms with Gasteiger partial charge in [-0.1, -0.05) is 37.8 Å². The van der Waals surface area contributed by atoms with Crippen LogP contribution in [0, 0.1) is 0 Å². The van der Waals surface area contributed by atoms with E-state index in [1.807, 2.05) is 48.0 Å². The van der Waals surface area contributed by atoms with E-state index in [0.717, 1.165) is 28.5 Å². The van der Waals surface area contributed by atoms with E-state index < -0.39 is 8.07 Å². The number of nitrogens with zero attached hydrogens (tertiary/aromatic N) is 2. The molecule has 0 aliphatic carbocycles. The van der Waals surface area contributed by atoms with Crippen molar-refractivity contribution in [2.45, 2.75) is 32.1 Å². The summed E-state index contributed by atoms with van der Waals surface area (Å²) in [7, 11) is 5.37. The Labute approximate surface area is 205 Å². The van der Waals surface area contributed by atoms with Crippen LogP contribution < -0.4 is 52.5 Å². The van der Waals surface area contributed by atoms with Gasteiger partial charge in [0.2, 0.25) is 5.52 Å². The van der Waals surface area contributed by atoms with Crippen molar-refractivity contribution in [3.05, 3.63) is 42.1 Å². The fourth-order valence-electron chi connectivity index (χ4n) is 3.16. The number of halogens is 2. The van der Waals surface area contributed by atoms with Gasteiger partial charge < -0.3 is 57.2 Å². The lowest BCUT2D eigenvalue weighted by Crippen LogP contribution is -3.00. The monoisotopic (exact) mass is 628 g/mol. The summed E-state index contributed by atoms with van der Waals surface area (Å²) in [4.78, 5) is 12.5. The molecule has 2 rings (SSSR count). The number of pyridine rings is 1. The fraction of sp³-hybridized carbons (Fsp3) is 0.524. The van der Waals surface area contributed by atoms with Gasteiger partial charge in [-0.15, -0.1) is 0 Å².